The Bertz CT molecular complexity index is 323. The Morgan fingerprint density at radius 2 is 2.14 bits per heavy atom. The van der Waals surface area contributed by atoms with E-state index in [0.717, 1.165) is 11.1 Å². The zero-order valence-corrected chi connectivity index (χ0v) is 8.79. The number of carboxylic acid groups (broad SMARTS) is 1. The number of hydrogen-bond acceptors (Lipinski definition) is 1. The number of alkyl halides is 1. The van der Waals surface area contributed by atoms with Crippen LogP contribution in [0.4, 0.5) is 0 Å². The predicted molar refractivity (Wildman–Crippen MR) is 56.6 cm³/mol. The highest BCUT2D eigenvalue weighted by molar-refractivity contribution is 6.21. The molecule has 1 N–H and O–H groups in total. The second-order valence-corrected chi connectivity index (χ2v) is 3.78. The fourth-order valence-corrected chi connectivity index (χ4v) is 1.70. The molecule has 3 heteroatoms. The van der Waals surface area contributed by atoms with Crippen molar-refractivity contribution in [1.29, 1.82) is 0 Å². The van der Waals surface area contributed by atoms with Gasteiger partial charge in [0.1, 0.15) is 0 Å². The summed E-state index contributed by atoms with van der Waals surface area (Å²) in [4.78, 5) is 10.4. The molecule has 0 aromatic heterocycles. The van der Waals surface area contributed by atoms with Crippen molar-refractivity contribution in [2.45, 2.75) is 25.1 Å². The van der Waals surface area contributed by atoms with Crippen LogP contribution >= 0.6 is 11.6 Å². The van der Waals surface area contributed by atoms with Crippen molar-refractivity contribution in [2.24, 2.45) is 0 Å². The lowest BCUT2D eigenvalue weighted by Gasteiger charge is -2.10. The van der Waals surface area contributed by atoms with Gasteiger partial charge in [0, 0.05) is 6.42 Å². The standard InChI is InChI=1S/C11H13ClO2/c1-8-4-2-3-5-9(8)10(12)6-7-11(13)14/h2-5,10H,6-7H2,1H3,(H,13,14). The monoisotopic (exact) mass is 212 g/mol. The zero-order valence-electron chi connectivity index (χ0n) is 8.03. The summed E-state index contributed by atoms with van der Waals surface area (Å²) in [6.07, 6.45) is 0.588. The summed E-state index contributed by atoms with van der Waals surface area (Å²) >= 11 is 6.09. The molecule has 0 heterocycles. The second-order valence-electron chi connectivity index (χ2n) is 3.26. The molecule has 76 valence electrons. The van der Waals surface area contributed by atoms with Gasteiger partial charge in [-0.15, -0.1) is 11.6 Å². The van der Waals surface area contributed by atoms with Crippen LogP contribution in [-0.2, 0) is 4.79 Å². The van der Waals surface area contributed by atoms with Crippen molar-refractivity contribution in [3.63, 3.8) is 0 Å². The molecule has 0 aliphatic carbocycles. The van der Waals surface area contributed by atoms with Gasteiger partial charge in [-0.2, -0.15) is 0 Å². The highest BCUT2D eigenvalue weighted by atomic mass is 35.5. The summed E-state index contributed by atoms with van der Waals surface area (Å²) in [7, 11) is 0. The number of aliphatic carboxylic acids is 1. The van der Waals surface area contributed by atoms with Crippen LogP contribution in [0.25, 0.3) is 0 Å². The summed E-state index contributed by atoms with van der Waals surface area (Å²) in [5, 5.41) is 8.32. The summed E-state index contributed by atoms with van der Waals surface area (Å²) in [6, 6.07) is 7.78. The van der Waals surface area contributed by atoms with Gasteiger partial charge in [-0.1, -0.05) is 24.3 Å². The van der Waals surface area contributed by atoms with Crippen LogP contribution in [0.5, 0.6) is 0 Å². The molecule has 1 atom stereocenters. The minimum atomic E-state index is -0.802. The number of carbonyl (C=O) groups is 1. The summed E-state index contributed by atoms with van der Waals surface area (Å²) < 4.78 is 0. The SMILES string of the molecule is Cc1ccccc1C(Cl)CCC(=O)O. The number of aryl methyl sites for hydroxylation is 1. The van der Waals surface area contributed by atoms with E-state index in [2.05, 4.69) is 0 Å². The van der Waals surface area contributed by atoms with E-state index < -0.39 is 5.97 Å². The van der Waals surface area contributed by atoms with Crippen LogP contribution in [0.3, 0.4) is 0 Å². The molecular formula is C11H13ClO2. The molecule has 1 rings (SSSR count). The van der Waals surface area contributed by atoms with E-state index in [1.165, 1.54) is 0 Å². The van der Waals surface area contributed by atoms with Gasteiger partial charge < -0.3 is 5.11 Å². The molecule has 1 aromatic rings. The largest absolute Gasteiger partial charge is 0.481 e. The van der Waals surface area contributed by atoms with E-state index in [1.54, 1.807) is 0 Å². The molecule has 0 fully saturated rings. The summed E-state index contributed by atoms with van der Waals surface area (Å²) in [6.45, 7) is 1.98. The number of hydrogen-bond donors (Lipinski definition) is 1. The van der Waals surface area contributed by atoms with Crippen LogP contribution in [0, 0.1) is 6.92 Å². The number of carboxylic acids is 1. The second kappa shape index (κ2) is 5.01. The number of rotatable bonds is 4. The Labute approximate surface area is 88.5 Å². The topological polar surface area (TPSA) is 37.3 Å². The van der Waals surface area contributed by atoms with E-state index in [4.69, 9.17) is 16.7 Å². The van der Waals surface area contributed by atoms with E-state index >= 15 is 0 Å². The molecule has 0 saturated heterocycles. The van der Waals surface area contributed by atoms with Crippen LogP contribution in [0.15, 0.2) is 24.3 Å². The lowest BCUT2D eigenvalue weighted by molar-refractivity contribution is -0.137. The van der Waals surface area contributed by atoms with Crippen molar-refractivity contribution in [2.75, 3.05) is 0 Å². The highest BCUT2D eigenvalue weighted by Gasteiger charge is 2.11. The third-order valence-electron chi connectivity index (χ3n) is 2.14. The molecule has 14 heavy (non-hydrogen) atoms. The zero-order chi connectivity index (χ0) is 10.6. The van der Waals surface area contributed by atoms with Gasteiger partial charge >= 0.3 is 5.97 Å². The first-order chi connectivity index (χ1) is 6.61. The molecule has 0 bridgehead atoms. The van der Waals surface area contributed by atoms with Crippen molar-refractivity contribution < 1.29 is 9.90 Å². The molecule has 0 saturated carbocycles. The first-order valence-corrected chi connectivity index (χ1v) is 4.96. The minimum Gasteiger partial charge on any atom is -0.481 e. The first kappa shape index (κ1) is 11.1. The Hall–Kier alpha value is -1.02. The smallest absolute Gasteiger partial charge is 0.303 e. The molecule has 1 aromatic carbocycles. The number of halogens is 1. The fourth-order valence-electron chi connectivity index (χ4n) is 1.34. The average molecular weight is 213 g/mol. The van der Waals surface area contributed by atoms with Crippen LogP contribution in [0.2, 0.25) is 0 Å². The Kier molecular flexibility index (Phi) is 3.96. The Morgan fingerprint density at radius 1 is 1.50 bits per heavy atom. The molecule has 0 aliphatic heterocycles. The molecule has 1 unspecified atom stereocenters. The molecule has 0 amide bonds. The fraction of sp³-hybridized carbons (Fsp3) is 0.364. The Balaban J connectivity index is 2.65. The molecular weight excluding hydrogens is 200 g/mol. The lowest BCUT2D eigenvalue weighted by Crippen LogP contribution is -1.99. The molecule has 0 spiro atoms. The normalized spacial score (nSPS) is 12.4. The minimum absolute atomic E-state index is 0.114. The molecule has 2 nitrogen and oxygen atoms in total. The molecule has 0 aliphatic rings. The van der Waals surface area contributed by atoms with Crippen molar-refractivity contribution in [1.82, 2.24) is 0 Å². The first-order valence-electron chi connectivity index (χ1n) is 4.52. The third kappa shape index (κ3) is 3.04. The third-order valence-corrected chi connectivity index (χ3v) is 2.59. The van der Waals surface area contributed by atoms with Crippen LogP contribution < -0.4 is 0 Å². The molecule has 0 radical (unpaired) electrons. The van der Waals surface area contributed by atoms with Gasteiger partial charge in [0.2, 0.25) is 0 Å². The lowest BCUT2D eigenvalue weighted by atomic mass is 10.0. The average Bonchev–Trinajstić information content (AvgIpc) is 2.15. The van der Waals surface area contributed by atoms with Crippen molar-refractivity contribution >= 4 is 17.6 Å². The van der Waals surface area contributed by atoms with Gasteiger partial charge in [-0.25, -0.2) is 0 Å². The van der Waals surface area contributed by atoms with Crippen LogP contribution in [0.1, 0.15) is 29.3 Å². The van der Waals surface area contributed by atoms with Gasteiger partial charge in [0.25, 0.3) is 0 Å². The van der Waals surface area contributed by atoms with Gasteiger partial charge in [0.15, 0.2) is 0 Å². The summed E-state index contributed by atoms with van der Waals surface area (Å²) in [5.74, 6) is -0.802. The maximum Gasteiger partial charge on any atom is 0.303 e. The quantitative estimate of drug-likeness (QED) is 0.779. The van der Waals surface area contributed by atoms with Crippen molar-refractivity contribution in [3.05, 3.63) is 35.4 Å². The van der Waals surface area contributed by atoms with Crippen LogP contribution in [-0.4, -0.2) is 11.1 Å². The number of benzene rings is 1. The van der Waals surface area contributed by atoms with E-state index in [9.17, 15) is 4.79 Å². The summed E-state index contributed by atoms with van der Waals surface area (Å²) in [5.41, 5.74) is 2.13. The van der Waals surface area contributed by atoms with E-state index in [1.807, 2.05) is 31.2 Å². The van der Waals surface area contributed by atoms with Gasteiger partial charge in [-0.3, -0.25) is 4.79 Å². The van der Waals surface area contributed by atoms with E-state index in [0.29, 0.717) is 6.42 Å². The maximum absolute atomic E-state index is 10.4. The van der Waals surface area contributed by atoms with Gasteiger partial charge in [0.05, 0.1) is 5.38 Å². The Morgan fingerprint density at radius 3 is 2.71 bits per heavy atom. The maximum atomic E-state index is 10.4. The predicted octanol–water partition coefficient (Wildman–Crippen LogP) is 3.14. The van der Waals surface area contributed by atoms with E-state index in [-0.39, 0.29) is 11.8 Å². The van der Waals surface area contributed by atoms with Gasteiger partial charge in [-0.05, 0) is 24.5 Å². The van der Waals surface area contributed by atoms with Crippen molar-refractivity contribution in [3.8, 4) is 0 Å². The highest BCUT2D eigenvalue weighted by Crippen LogP contribution is 2.27.